The van der Waals surface area contributed by atoms with Crippen LogP contribution in [0.1, 0.15) is 44.0 Å². The van der Waals surface area contributed by atoms with Gasteiger partial charge in [0.2, 0.25) is 17.7 Å². The van der Waals surface area contributed by atoms with Crippen molar-refractivity contribution in [1.82, 2.24) is 25.3 Å². The molecule has 1 fully saturated rings. The van der Waals surface area contributed by atoms with Crippen LogP contribution in [0.15, 0.2) is 24.3 Å². The van der Waals surface area contributed by atoms with E-state index in [2.05, 4.69) is 22.5 Å². The average Bonchev–Trinajstić information content (AvgIpc) is 2.88. The lowest BCUT2D eigenvalue weighted by molar-refractivity contribution is -0.137. The van der Waals surface area contributed by atoms with E-state index in [0.717, 1.165) is 19.6 Å². The number of nitrogens with one attached hydrogen (secondary N) is 2. The summed E-state index contributed by atoms with van der Waals surface area (Å²) in [7, 11) is 1.66. The molecular weight excluding hydrogens is 462 g/mol. The van der Waals surface area contributed by atoms with Crippen molar-refractivity contribution in [2.45, 2.75) is 45.7 Å². The molecule has 10 nitrogen and oxygen atoms in total. The molecule has 1 aromatic carbocycles. The standard InChI is InChI=1S/C26H39N5O5/c1-5-30-12-14-31(15-13-30)25(34)20-10-11-22(32)28-23(18(2)3)26(35)29(4)16-17-36-21-9-7-6-8-19(21)24(33)27-20/h6-9,18,20,23H,5,10-17H2,1-4H3,(H,27,33)(H,28,32)/t20-,23+/m0/s1. The number of ether oxygens (including phenoxy) is 1. The van der Waals surface area contributed by atoms with Crippen LogP contribution < -0.4 is 15.4 Å². The van der Waals surface area contributed by atoms with Crippen LogP contribution in [0.5, 0.6) is 5.75 Å². The second-order valence-corrected chi connectivity index (χ2v) is 9.72. The maximum absolute atomic E-state index is 13.4. The Labute approximate surface area is 213 Å². The predicted molar refractivity (Wildman–Crippen MR) is 136 cm³/mol. The maximum Gasteiger partial charge on any atom is 0.255 e. The molecule has 4 amide bonds. The van der Waals surface area contributed by atoms with Crippen molar-refractivity contribution in [3.8, 4) is 5.75 Å². The van der Waals surface area contributed by atoms with Gasteiger partial charge in [0, 0.05) is 39.6 Å². The summed E-state index contributed by atoms with van der Waals surface area (Å²) < 4.78 is 5.86. The van der Waals surface area contributed by atoms with Gasteiger partial charge in [-0.15, -0.1) is 0 Å². The minimum atomic E-state index is -0.870. The predicted octanol–water partition coefficient (Wildman–Crippen LogP) is 0.721. The van der Waals surface area contributed by atoms with Crippen molar-refractivity contribution < 1.29 is 23.9 Å². The molecule has 1 saturated heterocycles. The molecule has 2 N–H and O–H groups in total. The summed E-state index contributed by atoms with van der Waals surface area (Å²) in [5.74, 6) is -0.913. The molecule has 2 aliphatic heterocycles. The SMILES string of the molecule is CCN1CCN(C(=O)[C@@H]2CCC(=O)N[C@H](C(C)C)C(=O)N(C)CCOc3ccccc3C(=O)N2)CC1. The lowest BCUT2D eigenvalue weighted by Crippen LogP contribution is -2.55. The number of piperazine rings is 1. The lowest BCUT2D eigenvalue weighted by atomic mass is 10.0. The number of nitrogens with zero attached hydrogens (tertiary/aromatic N) is 3. The van der Waals surface area contributed by atoms with Crippen LogP contribution in [-0.2, 0) is 14.4 Å². The van der Waals surface area contributed by atoms with E-state index in [1.165, 1.54) is 4.90 Å². The number of hydrogen-bond acceptors (Lipinski definition) is 6. The second-order valence-electron chi connectivity index (χ2n) is 9.72. The Kier molecular flexibility index (Phi) is 9.69. The number of carbonyl (C=O) groups is 4. The van der Waals surface area contributed by atoms with Gasteiger partial charge in [0.15, 0.2) is 0 Å². The van der Waals surface area contributed by atoms with Gasteiger partial charge in [-0.25, -0.2) is 0 Å². The molecule has 0 unspecified atom stereocenters. The Morgan fingerprint density at radius 2 is 1.75 bits per heavy atom. The van der Waals surface area contributed by atoms with Gasteiger partial charge in [0.25, 0.3) is 5.91 Å². The highest BCUT2D eigenvalue weighted by Crippen LogP contribution is 2.19. The molecule has 0 aliphatic carbocycles. The fraction of sp³-hybridized carbons (Fsp3) is 0.615. The molecule has 2 aliphatic rings. The van der Waals surface area contributed by atoms with Gasteiger partial charge in [0.05, 0.1) is 12.1 Å². The molecule has 0 saturated carbocycles. The third-order valence-electron chi connectivity index (χ3n) is 6.84. The third kappa shape index (κ3) is 6.96. The molecule has 2 heterocycles. The third-order valence-corrected chi connectivity index (χ3v) is 6.84. The van der Waals surface area contributed by atoms with Crippen molar-refractivity contribution in [2.75, 3.05) is 52.9 Å². The minimum Gasteiger partial charge on any atom is -0.491 e. The Bertz CT molecular complexity index is 944. The fourth-order valence-corrected chi connectivity index (χ4v) is 4.45. The van der Waals surface area contributed by atoms with Gasteiger partial charge in [-0.3, -0.25) is 19.2 Å². The first-order chi connectivity index (χ1) is 17.2. The zero-order valence-electron chi connectivity index (χ0n) is 21.8. The molecule has 2 atom stereocenters. The first-order valence-corrected chi connectivity index (χ1v) is 12.8. The largest absolute Gasteiger partial charge is 0.491 e. The lowest BCUT2D eigenvalue weighted by Gasteiger charge is -2.36. The van der Waals surface area contributed by atoms with Gasteiger partial charge >= 0.3 is 0 Å². The maximum atomic E-state index is 13.4. The number of fused-ring (bicyclic) bond motifs is 1. The molecule has 10 heteroatoms. The molecule has 1 aromatic rings. The van der Waals surface area contributed by atoms with Crippen LogP contribution in [-0.4, -0.2) is 103 Å². The Hall–Kier alpha value is -3.14. The van der Waals surface area contributed by atoms with Crippen molar-refractivity contribution in [3.05, 3.63) is 29.8 Å². The Morgan fingerprint density at radius 3 is 2.42 bits per heavy atom. The molecule has 0 aromatic heterocycles. The van der Waals surface area contributed by atoms with Crippen molar-refractivity contribution in [2.24, 2.45) is 5.92 Å². The van der Waals surface area contributed by atoms with Crippen LogP contribution in [0.2, 0.25) is 0 Å². The first kappa shape index (κ1) is 27.4. The van der Waals surface area contributed by atoms with E-state index in [-0.39, 0.29) is 43.1 Å². The normalized spacial score (nSPS) is 23.2. The van der Waals surface area contributed by atoms with Gasteiger partial charge in [-0.2, -0.15) is 0 Å². The summed E-state index contributed by atoms with van der Waals surface area (Å²) in [6.45, 7) is 9.90. The highest BCUT2D eigenvalue weighted by Gasteiger charge is 2.32. The van der Waals surface area contributed by atoms with E-state index in [0.29, 0.717) is 30.9 Å². The summed E-state index contributed by atoms with van der Waals surface area (Å²) in [4.78, 5) is 58.1. The quantitative estimate of drug-likeness (QED) is 0.632. The van der Waals surface area contributed by atoms with Crippen LogP contribution in [0.4, 0.5) is 0 Å². The highest BCUT2D eigenvalue weighted by atomic mass is 16.5. The summed E-state index contributed by atoms with van der Waals surface area (Å²) in [6, 6.07) is 5.27. The van der Waals surface area contributed by atoms with Crippen LogP contribution in [0.25, 0.3) is 0 Å². The van der Waals surface area contributed by atoms with E-state index in [1.807, 2.05) is 13.8 Å². The van der Waals surface area contributed by atoms with E-state index in [1.54, 1.807) is 36.2 Å². The highest BCUT2D eigenvalue weighted by molar-refractivity contribution is 6.00. The number of para-hydroxylation sites is 1. The van der Waals surface area contributed by atoms with E-state index in [9.17, 15) is 19.2 Å². The molecule has 198 valence electrons. The number of amides is 4. The van der Waals surface area contributed by atoms with Crippen molar-refractivity contribution >= 4 is 23.6 Å². The minimum absolute atomic E-state index is 0.00394. The van der Waals surface area contributed by atoms with E-state index < -0.39 is 18.0 Å². The average molecular weight is 502 g/mol. The Morgan fingerprint density at radius 1 is 1.06 bits per heavy atom. The van der Waals surface area contributed by atoms with Crippen molar-refractivity contribution in [1.29, 1.82) is 0 Å². The second kappa shape index (κ2) is 12.7. The topological polar surface area (TPSA) is 111 Å². The molecule has 0 spiro atoms. The number of likely N-dealkylation sites (N-methyl/N-ethyl adjacent to an activating group) is 2. The summed E-state index contributed by atoms with van der Waals surface area (Å²) in [6.07, 6.45) is 0.131. The summed E-state index contributed by atoms with van der Waals surface area (Å²) in [5, 5.41) is 5.69. The first-order valence-electron chi connectivity index (χ1n) is 12.8. The van der Waals surface area contributed by atoms with Crippen LogP contribution >= 0.6 is 0 Å². The van der Waals surface area contributed by atoms with Gasteiger partial charge in [-0.1, -0.05) is 32.9 Å². The summed E-state index contributed by atoms with van der Waals surface area (Å²) >= 11 is 0. The van der Waals surface area contributed by atoms with Gasteiger partial charge in [0.1, 0.15) is 24.4 Å². The zero-order valence-corrected chi connectivity index (χ0v) is 21.8. The number of rotatable bonds is 3. The monoisotopic (exact) mass is 501 g/mol. The van der Waals surface area contributed by atoms with Gasteiger partial charge < -0.3 is 30.1 Å². The van der Waals surface area contributed by atoms with Crippen LogP contribution in [0.3, 0.4) is 0 Å². The molecule has 0 radical (unpaired) electrons. The smallest absolute Gasteiger partial charge is 0.255 e. The zero-order chi connectivity index (χ0) is 26.2. The number of benzene rings is 1. The van der Waals surface area contributed by atoms with E-state index >= 15 is 0 Å². The fourth-order valence-electron chi connectivity index (χ4n) is 4.45. The number of carbonyl (C=O) groups excluding carboxylic acids is 4. The Balaban J connectivity index is 1.86. The molecular formula is C26H39N5O5. The molecule has 3 rings (SSSR count). The molecule has 36 heavy (non-hydrogen) atoms. The van der Waals surface area contributed by atoms with Gasteiger partial charge in [-0.05, 0) is 31.0 Å². The molecule has 0 bridgehead atoms. The van der Waals surface area contributed by atoms with Crippen molar-refractivity contribution in [3.63, 3.8) is 0 Å². The van der Waals surface area contributed by atoms with Crippen LogP contribution in [0, 0.1) is 5.92 Å². The van der Waals surface area contributed by atoms with E-state index in [4.69, 9.17) is 4.74 Å². The summed E-state index contributed by atoms with van der Waals surface area (Å²) in [5.41, 5.74) is 0.305. The number of hydrogen-bond donors (Lipinski definition) is 2.